The number of nitro groups is 1. The van der Waals surface area contributed by atoms with E-state index in [2.05, 4.69) is 5.32 Å². The second-order valence-corrected chi connectivity index (χ2v) is 6.35. The van der Waals surface area contributed by atoms with E-state index in [4.69, 9.17) is 9.47 Å². The molecule has 0 aliphatic heterocycles. The highest BCUT2D eigenvalue weighted by atomic mass is 16.6. The molecule has 0 unspecified atom stereocenters. The number of benzene rings is 2. The first-order valence-electron chi connectivity index (χ1n) is 8.59. The molecular formula is C20H22N2O6. The van der Waals surface area contributed by atoms with Crippen molar-refractivity contribution < 1.29 is 24.0 Å². The van der Waals surface area contributed by atoms with Gasteiger partial charge in [-0.3, -0.25) is 14.9 Å². The molecule has 0 aliphatic carbocycles. The quantitative estimate of drug-likeness (QED) is 0.445. The number of carbonyl (C=O) groups excluding carboxylic acids is 2. The van der Waals surface area contributed by atoms with E-state index < -0.39 is 23.4 Å². The van der Waals surface area contributed by atoms with Crippen LogP contribution in [0.25, 0.3) is 0 Å². The van der Waals surface area contributed by atoms with Gasteiger partial charge < -0.3 is 14.8 Å². The van der Waals surface area contributed by atoms with Crippen molar-refractivity contribution in [3.63, 3.8) is 0 Å². The van der Waals surface area contributed by atoms with Crippen molar-refractivity contribution in [3.8, 4) is 5.75 Å². The van der Waals surface area contributed by atoms with Gasteiger partial charge in [0.15, 0.2) is 12.4 Å². The van der Waals surface area contributed by atoms with Crippen LogP contribution < -0.4 is 10.1 Å². The average molecular weight is 386 g/mol. The molecule has 2 rings (SSSR count). The molecule has 0 fully saturated rings. The zero-order valence-electron chi connectivity index (χ0n) is 16.1. The van der Waals surface area contributed by atoms with Crippen LogP contribution in [0.5, 0.6) is 5.75 Å². The molecule has 2 aromatic carbocycles. The Hall–Kier alpha value is -3.42. The van der Waals surface area contributed by atoms with Crippen LogP contribution in [0.2, 0.25) is 0 Å². The Kier molecular flexibility index (Phi) is 6.70. The van der Waals surface area contributed by atoms with E-state index in [1.807, 2.05) is 39.0 Å². The molecule has 28 heavy (non-hydrogen) atoms. The summed E-state index contributed by atoms with van der Waals surface area (Å²) in [5, 5.41) is 13.8. The Morgan fingerprint density at radius 3 is 2.46 bits per heavy atom. The number of rotatable bonds is 7. The van der Waals surface area contributed by atoms with Crippen LogP contribution in [0, 0.1) is 24.0 Å². The molecule has 0 bridgehead atoms. The molecule has 0 aliphatic rings. The van der Waals surface area contributed by atoms with Gasteiger partial charge in [0.2, 0.25) is 0 Å². The Morgan fingerprint density at radius 1 is 1.14 bits per heavy atom. The molecule has 0 saturated carbocycles. The lowest BCUT2D eigenvalue weighted by molar-refractivity contribution is -0.385. The van der Waals surface area contributed by atoms with Gasteiger partial charge in [-0.2, -0.15) is 0 Å². The van der Waals surface area contributed by atoms with Crippen LogP contribution in [0.3, 0.4) is 0 Å². The van der Waals surface area contributed by atoms with Gasteiger partial charge in [-0.1, -0.05) is 18.2 Å². The summed E-state index contributed by atoms with van der Waals surface area (Å²) < 4.78 is 9.85. The Bertz CT molecular complexity index is 910. The predicted octanol–water partition coefficient (Wildman–Crippen LogP) is 3.25. The van der Waals surface area contributed by atoms with Crippen LogP contribution in [-0.2, 0) is 9.53 Å². The molecular weight excluding hydrogens is 364 g/mol. The molecule has 8 nitrogen and oxygen atoms in total. The van der Waals surface area contributed by atoms with E-state index in [0.29, 0.717) is 0 Å². The van der Waals surface area contributed by atoms with Crippen LogP contribution in [0.1, 0.15) is 40.0 Å². The fourth-order valence-corrected chi connectivity index (χ4v) is 2.57. The molecule has 1 atom stereocenters. The molecule has 0 heterocycles. The van der Waals surface area contributed by atoms with Gasteiger partial charge in [-0.15, -0.1) is 0 Å². The molecule has 148 valence electrons. The number of amides is 1. The van der Waals surface area contributed by atoms with E-state index in [-0.39, 0.29) is 23.0 Å². The summed E-state index contributed by atoms with van der Waals surface area (Å²) in [6.07, 6.45) is 0. The van der Waals surface area contributed by atoms with Gasteiger partial charge in [0.1, 0.15) is 0 Å². The first-order valence-corrected chi connectivity index (χ1v) is 8.59. The maximum absolute atomic E-state index is 12.1. The van der Waals surface area contributed by atoms with Crippen molar-refractivity contribution in [2.75, 3.05) is 13.7 Å². The van der Waals surface area contributed by atoms with Gasteiger partial charge in [0, 0.05) is 6.07 Å². The van der Waals surface area contributed by atoms with Gasteiger partial charge in [-0.25, -0.2) is 4.79 Å². The molecule has 2 aromatic rings. The third-order valence-electron chi connectivity index (χ3n) is 4.35. The number of esters is 1. The highest BCUT2D eigenvalue weighted by Crippen LogP contribution is 2.27. The summed E-state index contributed by atoms with van der Waals surface area (Å²) in [6, 6.07) is 9.33. The highest BCUT2D eigenvalue weighted by Gasteiger charge is 2.20. The third-order valence-corrected chi connectivity index (χ3v) is 4.35. The number of nitrogens with one attached hydrogen (secondary N) is 1. The van der Waals surface area contributed by atoms with Crippen LogP contribution >= 0.6 is 0 Å². The fourth-order valence-electron chi connectivity index (χ4n) is 2.57. The number of ether oxygens (including phenoxy) is 2. The summed E-state index contributed by atoms with van der Waals surface area (Å²) >= 11 is 0. The van der Waals surface area contributed by atoms with E-state index in [1.54, 1.807) is 0 Å². The van der Waals surface area contributed by atoms with Gasteiger partial charge in [0.25, 0.3) is 5.91 Å². The lowest BCUT2D eigenvalue weighted by atomic mass is 10.0. The van der Waals surface area contributed by atoms with E-state index in [9.17, 15) is 19.7 Å². The number of aryl methyl sites for hydroxylation is 2. The number of nitrogens with zero attached hydrogens (tertiary/aromatic N) is 1. The fraction of sp³-hybridized carbons (Fsp3) is 0.300. The smallest absolute Gasteiger partial charge is 0.338 e. The Morgan fingerprint density at radius 2 is 1.86 bits per heavy atom. The monoisotopic (exact) mass is 386 g/mol. The van der Waals surface area contributed by atoms with E-state index >= 15 is 0 Å². The van der Waals surface area contributed by atoms with Crippen LogP contribution in [0.4, 0.5) is 5.69 Å². The second-order valence-electron chi connectivity index (χ2n) is 6.35. The molecule has 1 N–H and O–H groups in total. The topological polar surface area (TPSA) is 108 Å². The predicted molar refractivity (Wildman–Crippen MR) is 102 cm³/mol. The summed E-state index contributed by atoms with van der Waals surface area (Å²) in [7, 11) is 1.29. The molecule has 0 radical (unpaired) electrons. The number of nitro benzene ring substituents is 1. The van der Waals surface area contributed by atoms with E-state index in [0.717, 1.165) is 22.8 Å². The zero-order chi connectivity index (χ0) is 20.8. The maximum Gasteiger partial charge on any atom is 0.338 e. The molecule has 1 amide bonds. The summed E-state index contributed by atoms with van der Waals surface area (Å²) in [5.74, 6) is -1.27. The largest absolute Gasteiger partial charge is 0.490 e. The lowest BCUT2D eigenvalue weighted by Crippen LogP contribution is -2.31. The first-order chi connectivity index (χ1) is 13.2. The van der Waals surface area contributed by atoms with Gasteiger partial charge >= 0.3 is 11.7 Å². The molecule has 0 spiro atoms. The average Bonchev–Trinajstić information content (AvgIpc) is 2.67. The number of carbonyl (C=O) groups is 2. The minimum absolute atomic E-state index is 0.0292. The molecule has 0 aromatic heterocycles. The van der Waals surface area contributed by atoms with Crippen molar-refractivity contribution in [2.45, 2.75) is 26.8 Å². The summed E-state index contributed by atoms with van der Waals surface area (Å²) in [6.45, 7) is 5.33. The first kappa shape index (κ1) is 20.9. The van der Waals surface area contributed by atoms with Gasteiger partial charge in [-0.05, 0) is 49.6 Å². The lowest BCUT2D eigenvalue weighted by Gasteiger charge is -2.15. The number of hydrogen-bond acceptors (Lipinski definition) is 6. The standard InChI is InChI=1S/C20H22N2O6/c1-12-5-6-15(9-13(12)2)14(3)21-19(23)11-28-20(24)16-7-8-18(27-4)17(10-16)22(25)26/h5-10,14H,11H2,1-4H3,(H,21,23)/t14-/m0/s1. The molecule has 8 heteroatoms. The normalized spacial score (nSPS) is 11.4. The number of methoxy groups -OCH3 is 1. The van der Waals surface area contributed by atoms with Crippen molar-refractivity contribution in [1.29, 1.82) is 0 Å². The third kappa shape index (κ3) is 5.06. The Labute approximate surface area is 162 Å². The van der Waals surface area contributed by atoms with E-state index in [1.165, 1.54) is 19.2 Å². The van der Waals surface area contributed by atoms with Crippen LogP contribution in [-0.4, -0.2) is 30.5 Å². The van der Waals surface area contributed by atoms with Gasteiger partial charge in [0.05, 0.1) is 23.6 Å². The summed E-state index contributed by atoms with van der Waals surface area (Å²) in [4.78, 5) is 34.5. The minimum Gasteiger partial charge on any atom is -0.490 e. The minimum atomic E-state index is -0.834. The van der Waals surface area contributed by atoms with Crippen LogP contribution in [0.15, 0.2) is 36.4 Å². The van der Waals surface area contributed by atoms with Crippen molar-refractivity contribution in [3.05, 3.63) is 68.8 Å². The SMILES string of the molecule is COc1ccc(C(=O)OCC(=O)N[C@@H](C)c2ccc(C)c(C)c2)cc1[N+](=O)[O-]. The van der Waals surface area contributed by atoms with Crippen molar-refractivity contribution in [1.82, 2.24) is 5.32 Å². The Balaban J connectivity index is 1.96. The van der Waals surface area contributed by atoms with Crippen molar-refractivity contribution in [2.24, 2.45) is 0 Å². The highest BCUT2D eigenvalue weighted by molar-refractivity contribution is 5.92. The zero-order valence-corrected chi connectivity index (χ0v) is 16.1. The summed E-state index contributed by atoms with van der Waals surface area (Å²) in [5.41, 5.74) is 2.82. The second kappa shape index (κ2) is 8.98. The maximum atomic E-state index is 12.1. The molecule has 0 saturated heterocycles. The van der Waals surface area contributed by atoms with Crippen molar-refractivity contribution >= 4 is 17.6 Å². The number of hydrogen-bond donors (Lipinski definition) is 1.